The van der Waals surface area contributed by atoms with Crippen molar-refractivity contribution in [3.8, 4) is 0 Å². The maximum absolute atomic E-state index is 11.6. The molecule has 0 aliphatic rings. The molecule has 4 nitrogen and oxygen atoms in total. The van der Waals surface area contributed by atoms with Crippen molar-refractivity contribution >= 4 is 26.9 Å². The fraction of sp³-hybridized carbons (Fsp3) is 0.357. The summed E-state index contributed by atoms with van der Waals surface area (Å²) < 4.78 is 6.08. The van der Waals surface area contributed by atoms with E-state index in [1.807, 2.05) is 19.1 Å². The SMILES string of the molecule is CCN(CCO)Cc1cc(=O)oc2cc(Br)ccc12. The second-order valence-corrected chi connectivity index (χ2v) is 5.24. The van der Waals surface area contributed by atoms with Crippen LogP contribution in [0.4, 0.5) is 0 Å². The second kappa shape index (κ2) is 6.32. The third-order valence-electron chi connectivity index (χ3n) is 3.05. The van der Waals surface area contributed by atoms with Gasteiger partial charge < -0.3 is 9.52 Å². The van der Waals surface area contributed by atoms with Crippen molar-refractivity contribution in [3.05, 3.63) is 44.7 Å². The first-order valence-corrected chi connectivity index (χ1v) is 6.99. The van der Waals surface area contributed by atoms with Gasteiger partial charge in [-0.25, -0.2) is 4.79 Å². The van der Waals surface area contributed by atoms with Crippen molar-refractivity contribution in [2.75, 3.05) is 19.7 Å². The number of benzene rings is 1. The average molecular weight is 326 g/mol. The normalized spacial score (nSPS) is 11.4. The first-order valence-electron chi connectivity index (χ1n) is 6.19. The first kappa shape index (κ1) is 14.2. The van der Waals surface area contributed by atoms with Crippen LogP contribution in [0.1, 0.15) is 12.5 Å². The smallest absolute Gasteiger partial charge is 0.336 e. The molecular weight excluding hydrogens is 310 g/mol. The van der Waals surface area contributed by atoms with Crippen molar-refractivity contribution in [2.24, 2.45) is 0 Å². The van der Waals surface area contributed by atoms with Crippen LogP contribution in [0.25, 0.3) is 11.0 Å². The van der Waals surface area contributed by atoms with E-state index >= 15 is 0 Å². The van der Waals surface area contributed by atoms with E-state index in [1.165, 1.54) is 6.07 Å². The number of aliphatic hydroxyl groups excluding tert-OH is 1. The minimum atomic E-state index is -0.347. The van der Waals surface area contributed by atoms with E-state index in [1.54, 1.807) is 6.07 Å². The largest absolute Gasteiger partial charge is 0.423 e. The summed E-state index contributed by atoms with van der Waals surface area (Å²) in [5, 5.41) is 9.95. The Morgan fingerprint density at radius 1 is 1.37 bits per heavy atom. The summed E-state index contributed by atoms with van der Waals surface area (Å²) in [4.78, 5) is 13.7. The van der Waals surface area contributed by atoms with E-state index in [9.17, 15) is 4.79 Å². The lowest BCUT2D eigenvalue weighted by atomic mass is 10.1. The predicted molar refractivity (Wildman–Crippen MR) is 78.2 cm³/mol. The minimum absolute atomic E-state index is 0.110. The topological polar surface area (TPSA) is 53.7 Å². The summed E-state index contributed by atoms with van der Waals surface area (Å²) in [6, 6.07) is 7.18. The Bertz CT molecular complexity index is 624. The van der Waals surface area contributed by atoms with E-state index in [2.05, 4.69) is 20.8 Å². The molecule has 102 valence electrons. The van der Waals surface area contributed by atoms with Gasteiger partial charge in [0, 0.05) is 29.0 Å². The van der Waals surface area contributed by atoms with E-state index < -0.39 is 0 Å². The number of hydrogen-bond acceptors (Lipinski definition) is 4. The zero-order chi connectivity index (χ0) is 13.8. The van der Waals surface area contributed by atoms with Crippen LogP contribution < -0.4 is 5.63 Å². The zero-order valence-electron chi connectivity index (χ0n) is 10.7. The van der Waals surface area contributed by atoms with E-state index in [0.29, 0.717) is 18.7 Å². The highest BCUT2D eigenvalue weighted by atomic mass is 79.9. The Labute approximate surface area is 119 Å². The Balaban J connectivity index is 2.44. The second-order valence-electron chi connectivity index (χ2n) is 4.32. The predicted octanol–water partition coefficient (Wildman–Crippen LogP) is 2.37. The highest BCUT2D eigenvalue weighted by molar-refractivity contribution is 9.10. The third kappa shape index (κ3) is 3.43. The molecule has 0 spiro atoms. The molecule has 1 heterocycles. The van der Waals surface area contributed by atoms with Crippen LogP contribution in [0.3, 0.4) is 0 Å². The van der Waals surface area contributed by atoms with Gasteiger partial charge in [0.05, 0.1) is 6.61 Å². The van der Waals surface area contributed by atoms with Crippen LogP contribution >= 0.6 is 15.9 Å². The molecule has 0 bridgehead atoms. The summed E-state index contributed by atoms with van der Waals surface area (Å²) in [5.74, 6) is 0. The fourth-order valence-electron chi connectivity index (χ4n) is 2.07. The number of fused-ring (bicyclic) bond motifs is 1. The summed E-state index contributed by atoms with van der Waals surface area (Å²) in [7, 11) is 0. The molecule has 2 aromatic rings. The molecule has 0 radical (unpaired) electrons. The number of halogens is 1. The fourth-order valence-corrected chi connectivity index (χ4v) is 2.41. The van der Waals surface area contributed by atoms with Crippen LogP contribution in [0.15, 0.2) is 37.9 Å². The number of rotatable bonds is 5. The Kier molecular flexibility index (Phi) is 4.74. The Morgan fingerprint density at radius 2 is 2.16 bits per heavy atom. The molecular formula is C14H16BrNO3. The van der Waals surface area contributed by atoms with Crippen molar-refractivity contribution < 1.29 is 9.52 Å². The van der Waals surface area contributed by atoms with Crippen molar-refractivity contribution in [1.29, 1.82) is 0 Å². The van der Waals surface area contributed by atoms with E-state index in [0.717, 1.165) is 22.0 Å². The standard InChI is InChI=1S/C14H16BrNO3/c1-2-16(5-6-17)9-10-7-14(18)19-13-8-11(15)3-4-12(10)13/h3-4,7-8,17H,2,5-6,9H2,1H3. The molecule has 0 aliphatic heterocycles. The van der Waals surface area contributed by atoms with Gasteiger partial charge >= 0.3 is 5.63 Å². The molecule has 0 aliphatic carbocycles. The van der Waals surface area contributed by atoms with Gasteiger partial charge in [0.2, 0.25) is 0 Å². The number of likely N-dealkylation sites (N-methyl/N-ethyl adjacent to an activating group) is 1. The van der Waals surface area contributed by atoms with Gasteiger partial charge in [0.25, 0.3) is 0 Å². The van der Waals surface area contributed by atoms with E-state index in [-0.39, 0.29) is 12.2 Å². The summed E-state index contributed by atoms with van der Waals surface area (Å²) in [6.07, 6.45) is 0. The van der Waals surface area contributed by atoms with Gasteiger partial charge in [-0.2, -0.15) is 0 Å². The molecule has 0 saturated carbocycles. The van der Waals surface area contributed by atoms with Gasteiger partial charge in [-0.15, -0.1) is 0 Å². The summed E-state index contributed by atoms with van der Waals surface area (Å²) >= 11 is 3.37. The highest BCUT2D eigenvalue weighted by Crippen LogP contribution is 2.22. The van der Waals surface area contributed by atoms with Crippen molar-refractivity contribution in [2.45, 2.75) is 13.5 Å². The zero-order valence-corrected chi connectivity index (χ0v) is 12.3. The van der Waals surface area contributed by atoms with Crippen LogP contribution in [0.5, 0.6) is 0 Å². The van der Waals surface area contributed by atoms with Crippen LogP contribution in [-0.4, -0.2) is 29.7 Å². The maximum atomic E-state index is 11.6. The molecule has 0 atom stereocenters. The summed E-state index contributed by atoms with van der Waals surface area (Å²) in [6.45, 7) is 4.17. The minimum Gasteiger partial charge on any atom is -0.423 e. The molecule has 19 heavy (non-hydrogen) atoms. The third-order valence-corrected chi connectivity index (χ3v) is 3.54. The number of hydrogen-bond donors (Lipinski definition) is 1. The molecule has 0 unspecified atom stereocenters. The lowest BCUT2D eigenvalue weighted by molar-refractivity contribution is 0.197. The van der Waals surface area contributed by atoms with Crippen LogP contribution in [-0.2, 0) is 6.54 Å². The highest BCUT2D eigenvalue weighted by Gasteiger charge is 2.09. The van der Waals surface area contributed by atoms with Gasteiger partial charge in [-0.1, -0.05) is 22.9 Å². The quantitative estimate of drug-likeness (QED) is 0.857. The monoisotopic (exact) mass is 325 g/mol. The molecule has 0 amide bonds. The lowest BCUT2D eigenvalue weighted by Crippen LogP contribution is -2.26. The van der Waals surface area contributed by atoms with Gasteiger partial charge in [-0.05, 0) is 30.3 Å². The molecule has 1 aromatic heterocycles. The van der Waals surface area contributed by atoms with Gasteiger partial charge in [0.15, 0.2) is 0 Å². The van der Waals surface area contributed by atoms with Crippen LogP contribution in [0, 0.1) is 0 Å². The number of aliphatic hydroxyl groups is 1. The van der Waals surface area contributed by atoms with Crippen molar-refractivity contribution in [1.82, 2.24) is 4.90 Å². The average Bonchev–Trinajstić information content (AvgIpc) is 2.37. The lowest BCUT2D eigenvalue weighted by Gasteiger charge is -2.19. The van der Waals surface area contributed by atoms with Gasteiger partial charge in [-0.3, -0.25) is 4.90 Å². The molecule has 1 N–H and O–H groups in total. The first-order chi connectivity index (χ1) is 9.13. The van der Waals surface area contributed by atoms with Crippen molar-refractivity contribution in [3.63, 3.8) is 0 Å². The maximum Gasteiger partial charge on any atom is 0.336 e. The molecule has 0 saturated heterocycles. The van der Waals surface area contributed by atoms with E-state index in [4.69, 9.17) is 9.52 Å². The molecule has 0 fully saturated rings. The summed E-state index contributed by atoms with van der Waals surface area (Å²) in [5.41, 5.74) is 1.16. The van der Waals surface area contributed by atoms with Crippen LogP contribution in [0.2, 0.25) is 0 Å². The molecule has 5 heteroatoms. The van der Waals surface area contributed by atoms with Gasteiger partial charge in [0.1, 0.15) is 5.58 Å². The Hall–Kier alpha value is -1.17. The number of nitrogens with zero attached hydrogens (tertiary/aromatic N) is 1. The Morgan fingerprint density at radius 3 is 2.84 bits per heavy atom. The molecule has 1 aromatic carbocycles. The molecule has 2 rings (SSSR count).